The maximum Gasteiger partial charge on any atom is 0.147 e. The summed E-state index contributed by atoms with van der Waals surface area (Å²) in [4.78, 5) is 2.81. The van der Waals surface area contributed by atoms with Crippen LogP contribution in [0.4, 0.5) is 0 Å². The fraction of sp³-hybridized carbons (Fsp3) is 0.652. The van der Waals surface area contributed by atoms with Crippen LogP contribution in [-0.4, -0.2) is 43.0 Å². The minimum Gasteiger partial charge on any atom is -0.352 e. The molecule has 6 rings (SSSR count). The van der Waals surface area contributed by atoms with Gasteiger partial charge in [0.05, 0.1) is 12.2 Å². The van der Waals surface area contributed by atoms with E-state index in [0.717, 1.165) is 25.4 Å². The smallest absolute Gasteiger partial charge is 0.147 e. The maximum atomic E-state index is 6.18. The van der Waals surface area contributed by atoms with Gasteiger partial charge in [-0.1, -0.05) is 29.8 Å². The van der Waals surface area contributed by atoms with E-state index in [4.69, 9.17) is 9.47 Å². The van der Waals surface area contributed by atoms with Crippen LogP contribution in [0, 0.1) is 12.8 Å². The highest BCUT2D eigenvalue weighted by atomic mass is 16.7. The van der Waals surface area contributed by atoms with E-state index in [1.807, 2.05) is 0 Å². The number of fused-ring (bicyclic) bond motifs is 1. The normalized spacial score (nSPS) is 38.8. The first-order chi connectivity index (χ1) is 12.7. The Bertz CT molecular complexity index is 774. The van der Waals surface area contributed by atoms with Crippen molar-refractivity contribution >= 4 is 0 Å². The van der Waals surface area contributed by atoms with Crippen LogP contribution in [0.2, 0.25) is 0 Å². The Kier molecular flexibility index (Phi) is 3.31. The maximum absolute atomic E-state index is 6.18. The lowest BCUT2D eigenvalue weighted by Gasteiger charge is -2.57. The van der Waals surface area contributed by atoms with Gasteiger partial charge >= 0.3 is 0 Å². The van der Waals surface area contributed by atoms with Crippen molar-refractivity contribution in [2.75, 3.05) is 26.5 Å². The molecule has 2 aliphatic heterocycles. The molecular weight excluding hydrogens is 322 g/mol. The Balaban J connectivity index is 1.48. The molecule has 1 aromatic rings. The molecule has 2 saturated heterocycles. The number of hydrogen-bond acceptors (Lipinski definition) is 3. The van der Waals surface area contributed by atoms with E-state index in [1.165, 1.54) is 44.3 Å². The van der Waals surface area contributed by atoms with Crippen LogP contribution in [-0.2, 0) is 21.3 Å². The summed E-state index contributed by atoms with van der Waals surface area (Å²) in [5.74, 6) is 0.962. The average Bonchev–Trinajstić information content (AvgIpc) is 3.36. The molecular formula is C23H29NO2. The van der Waals surface area contributed by atoms with Crippen molar-refractivity contribution in [3.05, 3.63) is 46.5 Å². The SMILES string of the molecule is Cc1ccc2c(c1)[C@]13CCN(CC4CC4)[C@H](C2)C1=CCC1(COCO1)C3. The molecule has 1 spiro atoms. The summed E-state index contributed by atoms with van der Waals surface area (Å²) in [7, 11) is 0. The van der Waals surface area contributed by atoms with Crippen LogP contribution < -0.4 is 0 Å². The molecule has 0 amide bonds. The van der Waals surface area contributed by atoms with Gasteiger partial charge in [-0.15, -0.1) is 0 Å². The summed E-state index contributed by atoms with van der Waals surface area (Å²) in [5.41, 5.74) is 6.36. The van der Waals surface area contributed by atoms with Gasteiger partial charge in [-0.05, 0) is 74.6 Å². The average molecular weight is 351 g/mol. The molecule has 0 radical (unpaired) electrons. The largest absolute Gasteiger partial charge is 0.352 e. The lowest BCUT2D eigenvalue weighted by atomic mass is 9.54. The Morgan fingerprint density at radius 3 is 3.00 bits per heavy atom. The molecule has 1 saturated carbocycles. The standard InChI is InChI=1S/C23H29NO2/c1-16-2-5-18-11-21-19-6-7-22(14-25-15-26-22)13-23(19,20(18)10-16)8-9-24(21)12-17-3-4-17/h2,5-6,10,17,21H,3-4,7-9,11-15H2,1H3/t21-,22?,23+/m1/s1. The van der Waals surface area contributed by atoms with Gasteiger partial charge in [-0.2, -0.15) is 0 Å². The highest BCUT2D eigenvalue weighted by molar-refractivity contribution is 5.53. The van der Waals surface area contributed by atoms with Gasteiger partial charge < -0.3 is 9.47 Å². The zero-order valence-electron chi connectivity index (χ0n) is 15.8. The van der Waals surface area contributed by atoms with Crippen LogP contribution in [0.1, 0.15) is 48.8 Å². The van der Waals surface area contributed by atoms with Crippen molar-refractivity contribution < 1.29 is 9.47 Å². The summed E-state index contributed by atoms with van der Waals surface area (Å²) in [6.07, 6.45) is 10.0. The third kappa shape index (κ3) is 2.23. The second kappa shape index (κ2) is 5.43. The predicted molar refractivity (Wildman–Crippen MR) is 101 cm³/mol. The lowest BCUT2D eigenvalue weighted by Crippen LogP contribution is -2.59. The fourth-order valence-electron chi connectivity index (χ4n) is 6.24. The van der Waals surface area contributed by atoms with E-state index in [0.29, 0.717) is 12.8 Å². The summed E-state index contributed by atoms with van der Waals surface area (Å²) in [6.45, 7) is 6.02. The Morgan fingerprint density at radius 1 is 1.27 bits per heavy atom. The number of benzene rings is 1. The number of likely N-dealkylation sites (tertiary alicyclic amines) is 1. The number of ether oxygens (including phenoxy) is 2. The predicted octanol–water partition coefficient (Wildman–Crippen LogP) is 3.74. The van der Waals surface area contributed by atoms with Gasteiger partial charge in [-0.25, -0.2) is 0 Å². The molecule has 26 heavy (non-hydrogen) atoms. The molecule has 0 aromatic heterocycles. The molecule has 138 valence electrons. The number of nitrogens with zero attached hydrogens (tertiary/aromatic N) is 1. The second-order valence-corrected chi connectivity index (χ2v) is 9.48. The molecule has 1 aromatic carbocycles. The first kappa shape index (κ1) is 15.9. The number of hydrogen-bond donors (Lipinski definition) is 0. The Hall–Kier alpha value is -1.16. The van der Waals surface area contributed by atoms with Crippen molar-refractivity contribution in [2.24, 2.45) is 5.92 Å². The molecule has 1 unspecified atom stereocenters. The molecule has 3 nitrogen and oxygen atoms in total. The second-order valence-electron chi connectivity index (χ2n) is 9.48. The van der Waals surface area contributed by atoms with E-state index >= 15 is 0 Å². The van der Waals surface area contributed by atoms with Gasteiger partial charge in [0.1, 0.15) is 6.79 Å². The summed E-state index contributed by atoms with van der Waals surface area (Å²) in [5, 5.41) is 0. The minimum atomic E-state index is -0.0922. The first-order valence-electron chi connectivity index (χ1n) is 10.4. The summed E-state index contributed by atoms with van der Waals surface area (Å²) in [6, 6.07) is 7.80. The minimum absolute atomic E-state index is 0.0922. The third-order valence-electron chi connectivity index (χ3n) is 7.69. The van der Waals surface area contributed by atoms with Crippen molar-refractivity contribution in [1.29, 1.82) is 0 Å². The van der Waals surface area contributed by atoms with Crippen LogP contribution >= 0.6 is 0 Å². The van der Waals surface area contributed by atoms with E-state index in [9.17, 15) is 0 Å². The molecule has 2 bridgehead atoms. The van der Waals surface area contributed by atoms with Crippen LogP contribution in [0.3, 0.4) is 0 Å². The molecule has 3 aliphatic carbocycles. The molecule has 2 heterocycles. The van der Waals surface area contributed by atoms with E-state index in [2.05, 4.69) is 36.1 Å². The summed E-state index contributed by atoms with van der Waals surface area (Å²) >= 11 is 0. The van der Waals surface area contributed by atoms with Gasteiger partial charge in [0.2, 0.25) is 0 Å². The third-order valence-corrected chi connectivity index (χ3v) is 7.69. The number of aryl methyl sites for hydroxylation is 1. The van der Waals surface area contributed by atoms with Gasteiger partial charge in [0.15, 0.2) is 0 Å². The van der Waals surface area contributed by atoms with Crippen LogP contribution in [0.15, 0.2) is 29.8 Å². The Labute approximate surface area is 156 Å². The molecule has 5 aliphatic rings. The van der Waals surface area contributed by atoms with Crippen LogP contribution in [0.5, 0.6) is 0 Å². The lowest BCUT2D eigenvalue weighted by molar-refractivity contribution is -0.0362. The number of rotatable bonds is 2. The van der Waals surface area contributed by atoms with Gasteiger partial charge in [0, 0.05) is 18.0 Å². The monoisotopic (exact) mass is 351 g/mol. The van der Waals surface area contributed by atoms with E-state index < -0.39 is 0 Å². The fourth-order valence-corrected chi connectivity index (χ4v) is 6.24. The molecule has 3 atom stereocenters. The Morgan fingerprint density at radius 2 is 2.19 bits per heavy atom. The highest BCUT2D eigenvalue weighted by Crippen LogP contribution is 2.57. The quantitative estimate of drug-likeness (QED) is 0.758. The first-order valence-corrected chi connectivity index (χ1v) is 10.4. The van der Waals surface area contributed by atoms with Crippen molar-refractivity contribution in [2.45, 2.75) is 62.5 Å². The molecule has 0 N–H and O–H groups in total. The van der Waals surface area contributed by atoms with Gasteiger partial charge in [0.25, 0.3) is 0 Å². The van der Waals surface area contributed by atoms with Crippen LogP contribution in [0.25, 0.3) is 0 Å². The van der Waals surface area contributed by atoms with Crippen molar-refractivity contribution in [3.8, 4) is 0 Å². The molecule has 3 fully saturated rings. The zero-order chi connectivity index (χ0) is 17.4. The summed E-state index contributed by atoms with van der Waals surface area (Å²) < 4.78 is 11.9. The number of piperidine rings is 1. The molecule has 3 heteroatoms. The van der Waals surface area contributed by atoms with Gasteiger partial charge in [-0.3, -0.25) is 4.90 Å². The topological polar surface area (TPSA) is 21.7 Å². The zero-order valence-corrected chi connectivity index (χ0v) is 15.8. The van der Waals surface area contributed by atoms with E-state index in [1.54, 1.807) is 16.7 Å². The van der Waals surface area contributed by atoms with E-state index in [-0.39, 0.29) is 11.0 Å². The highest BCUT2D eigenvalue weighted by Gasteiger charge is 2.56. The van der Waals surface area contributed by atoms with Crippen molar-refractivity contribution in [3.63, 3.8) is 0 Å². The van der Waals surface area contributed by atoms with Crippen molar-refractivity contribution in [1.82, 2.24) is 4.90 Å².